The van der Waals surface area contributed by atoms with E-state index in [0.29, 0.717) is 12.1 Å². The van der Waals surface area contributed by atoms with Gasteiger partial charge in [-0.3, -0.25) is 9.59 Å². The third kappa shape index (κ3) is 4.27. The van der Waals surface area contributed by atoms with Gasteiger partial charge in [-0.2, -0.15) is 0 Å². The van der Waals surface area contributed by atoms with Gasteiger partial charge in [-0.05, 0) is 42.9 Å². The SMILES string of the molecule is Cc1ccccc1C(=O)N[C@H](C(=O)NCC1(c2ccccc2)CCC1)C(C)C. The zero-order valence-corrected chi connectivity index (χ0v) is 17.0. The fraction of sp³-hybridized carbons (Fsp3) is 0.417. The second-order valence-electron chi connectivity index (χ2n) is 8.23. The summed E-state index contributed by atoms with van der Waals surface area (Å²) in [6.45, 7) is 6.43. The second kappa shape index (κ2) is 8.59. The molecule has 0 saturated heterocycles. The Morgan fingerprint density at radius 3 is 2.21 bits per heavy atom. The van der Waals surface area contributed by atoms with Crippen LogP contribution < -0.4 is 10.6 Å². The van der Waals surface area contributed by atoms with Crippen molar-refractivity contribution in [3.8, 4) is 0 Å². The summed E-state index contributed by atoms with van der Waals surface area (Å²) in [6.07, 6.45) is 3.35. The molecule has 2 amide bonds. The molecular weight excluding hydrogens is 348 g/mol. The number of nitrogens with one attached hydrogen (secondary N) is 2. The number of aryl methyl sites for hydroxylation is 1. The Morgan fingerprint density at radius 2 is 1.64 bits per heavy atom. The van der Waals surface area contributed by atoms with Crippen molar-refractivity contribution >= 4 is 11.8 Å². The fourth-order valence-corrected chi connectivity index (χ4v) is 3.91. The molecule has 2 aromatic carbocycles. The molecule has 1 saturated carbocycles. The third-order valence-corrected chi connectivity index (χ3v) is 5.92. The van der Waals surface area contributed by atoms with E-state index in [4.69, 9.17) is 0 Å². The molecule has 1 aliphatic rings. The molecule has 2 aromatic rings. The molecule has 28 heavy (non-hydrogen) atoms. The first-order valence-corrected chi connectivity index (χ1v) is 10.1. The molecule has 0 aromatic heterocycles. The van der Waals surface area contributed by atoms with Crippen molar-refractivity contribution in [1.82, 2.24) is 10.6 Å². The van der Waals surface area contributed by atoms with E-state index >= 15 is 0 Å². The van der Waals surface area contributed by atoms with Crippen LogP contribution in [0.2, 0.25) is 0 Å². The van der Waals surface area contributed by atoms with Gasteiger partial charge < -0.3 is 10.6 Å². The summed E-state index contributed by atoms with van der Waals surface area (Å²) in [5.74, 6) is -0.311. The van der Waals surface area contributed by atoms with Crippen LogP contribution in [0.4, 0.5) is 0 Å². The van der Waals surface area contributed by atoms with Crippen LogP contribution in [-0.2, 0) is 10.2 Å². The fourth-order valence-electron chi connectivity index (χ4n) is 3.91. The summed E-state index contributed by atoms with van der Waals surface area (Å²) in [7, 11) is 0. The average molecular weight is 379 g/mol. The summed E-state index contributed by atoms with van der Waals surface area (Å²) in [5.41, 5.74) is 2.83. The highest BCUT2D eigenvalue weighted by Crippen LogP contribution is 2.43. The number of hydrogen-bond acceptors (Lipinski definition) is 2. The summed E-state index contributed by atoms with van der Waals surface area (Å²) in [5, 5.41) is 6.06. The molecule has 0 heterocycles. The Bertz CT molecular complexity index is 826. The minimum absolute atomic E-state index is 0.00188. The summed E-state index contributed by atoms with van der Waals surface area (Å²) in [6, 6.07) is 17.3. The number of hydrogen-bond donors (Lipinski definition) is 2. The molecule has 148 valence electrons. The number of rotatable bonds is 7. The van der Waals surface area contributed by atoms with Gasteiger partial charge in [0.1, 0.15) is 6.04 Å². The highest BCUT2D eigenvalue weighted by Gasteiger charge is 2.39. The average Bonchev–Trinajstić information content (AvgIpc) is 2.66. The van der Waals surface area contributed by atoms with Gasteiger partial charge in [0.15, 0.2) is 0 Å². The monoisotopic (exact) mass is 378 g/mol. The molecular formula is C24H30N2O2. The first kappa shape index (κ1) is 20.1. The second-order valence-corrected chi connectivity index (χ2v) is 8.23. The van der Waals surface area contributed by atoms with E-state index < -0.39 is 6.04 Å². The van der Waals surface area contributed by atoms with Crippen molar-refractivity contribution < 1.29 is 9.59 Å². The van der Waals surface area contributed by atoms with Crippen LogP contribution in [0, 0.1) is 12.8 Å². The van der Waals surface area contributed by atoms with Crippen molar-refractivity contribution in [2.45, 2.75) is 51.5 Å². The molecule has 0 unspecified atom stereocenters. The van der Waals surface area contributed by atoms with Crippen molar-refractivity contribution in [3.63, 3.8) is 0 Å². The predicted molar refractivity (Wildman–Crippen MR) is 112 cm³/mol. The highest BCUT2D eigenvalue weighted by atomic mass is 16.2. The van der Waals surface area contributed by atoms with Crippen LogP contribution in [0.1, 0.15) is 54.6 Å². The number of benzene rings is 2. The van der Waals surface area contributed by atoms with Crippen LogP contribution in [0.15, 0.2) is 54.6 Å². The van der Waals surface area contributed by atoms with Crippen LogP contribution in [0.25, 0.3) is 0 Å². The van der Waals surface area contributed by atoms with Gasteiger partial charge >= 0.3 is 0 Å². The van der Waals surface area contributed by atoms with Crippen LogP contribution in [-0.4, -0.2) is 24.4 Å². The third-order valence-electron chi connectivity index (χ3n) is 5.92. The van der Waals surface area contributed by atoms with Crippen LogP contribution in [0.3, 0.4) is 0 Å². The molecule has 0 aliphatic heterocycles. The minimum Gasteiger partial charge on any atom is -0.353 e. The molecule has 4 nitrogen and oxygen atoms in total. The minimum atomic E-state index is -0.556. The number of carbonyl (C=O) groups is 2. The Balaban J connectivity index is 1.67. The predicted octanol–water partition coefficient (Wildman–Crippen LogP) is 3.99. The van der Waals surface area contributed by atoms with Gasteiger partial charge in [0.05, 0.1) is 0 Å². The first-order valence-electron chi connectivity index (χ1n) is 10.1. The smallest absolute Gasteiger partial charge is 0.252 e. The van der Waals surface area contributed by atoms with Crippen molar-refractivity contribution in [2.75, 3.05) is 6.54 Å². The van der Waals surface area contributed by atoms with E-state index in [2.05, 4.69) is 34.9 Å². The van der Waals surface area contributed by atoms with E-state index in [9.17, 15) is 9.59 Å². The maximum Gasteiger partial charge on any atom is 0.252 e. The largest absolute Gasteiger partial charge is 0.353 e. The summed E-state index contributed by atoms with van der Waals surface area (Å²) < 4.78 is 0. The van der Waals surface area contributed by atoms with Crippen LogP contribution >= 0.6 is 0 Å². The number of amides is 2. The van der Waals surface area contributed by atoms with Gasteiger partial charge in [-0.1, -0.05) is 68.8 Å². The molecule has 1 fully saturated rings. The van der Waals surface area contributed by atoms with Crippen molar-refractivity contribution in [1.29, 1.82) is 0 Å². The van der Waals surface area contributed by atoms with Gasteiger partial charge in [0.25, 0.3) is 5.91 Å². The molecule has 0 bridgehead atoms. The van der Waals surface area contributed by atoms with Gasteiger partial charge in [0, 0.05) is 17.5 Å². The number of carbonyl (C=O) groups excluding carboxylic acids is 2. The Morgan fingerprint density at radius 1 is 1.00 bits per heavy atom. The quantitative estimate of drug-likeness (QED) is 0.765. The van der Waals surface area contributed by atoms with Gasteiger partial charge in [-0.25, -0.2) is 0 Å². The zero-order valence-electron chi connectivity index (χ0n) is 17.0. The molecule has 1 aliphatic carbocycles. The summed E-state index contributed by atoms with van der Waals surface area (Å²) >= 11 is 0. The Labute approximate surface area is 167 Å². The molecule has 3 rings (SSSR count). The molecule has 0 radical (unpaired) electrons. The van der Waals surface area contributed by atoms with Gasteiger partial charge in [-0.15, -0.1) is 0 Å². The normalized spacial score (nSPS) is 16.1. The lowest BCUT2D eigenvalue weighted by Crippen LogP contribution is -2.53. The maximum absolute atomic E-state index is 12.9. The Kier molecular flexibility index (Phi) is 6.18. The lowest BCUT2D eigenvalue weighted by molar-refractivity contribution is -0.124. The first-order chi connectivity index (χ1) is 13.4. The van der Waals surface area contributed by atoms with Crippen molar-refractivity contribution in [3.05, 3.63) is 71.3 Å². The van der Waals surface area contributed by atoms with E-state index in [0.717, 1.165) is 18.4 Å². The lowest BCUT2D eigenvalue weighted by Gasteiger charge is -2.43. The van der Waals surface area contributed by atoms with Gasteiger partial charge in [0.2, 0.25) is 5.91 Å². The van der Waals surface area contributed by atoms with E-state index in [-0.39, 0.29) is 23.1 Å². The summed E-state index contributed by atoms with van der Waals surface area (Å²) in [4.78, 5) is 25.6. The zero-order chi connectivity index (χ0) is 20.1. The standard InChI is InChI=1S/C24H30N2O2/c1-17(2)21(26-22(27)20-13-8-7-10-18(20)3)23(28)25-16-24(14-9-15-24)19-11-5-4-6-12-19/h4-8,10-13,17,21H,9,14-16H2,1-3H3,(H,25,28)(H,26,27)/t21-/m0/s1. The molecule has 2 N–H and O–H groups in total. The topological polar surface area (TPSA) is 58.2 Å². The molecule has 1 atom stereocenters. The van der Waals surface area contributed by atoms with E-state index in [1.54, 1.807) is 6.07 Å². The van der Waals surface area contributed by atoms with Crippen LogP contribution in [0.5, 0.6) is 0 Å². The maximum atomic E-state index is 12.9. The van der Waals surface area contributed by atoms with E-state index in [1.165, 1.54) is 12.0 Å². The highest BCUT2D eigenvalue weighted by molar-refractivity contribution is 5.98. The molecule has 0 spiro atoms. The molecule has 4 heteroatoms. The van der Waals surface area contributed by atoms with Crippen molar-refractivity contribution in [2.24, 2.45) is 5.92 Å². The van der Waals surface area contributed by atoms with E-state index in [1.807, 2.05) is 45.0 Å². The lowest BCUT2D eigenvalue weighted by atomic mass is 9.64. The Hall–Kier alpha value is -2.62.